The predicted molar refractivity (Wildman–Crippen MR) is 76.9 cm³/mol. The normalized spacial score (nSPS) is 16.0. The number of carboxylic acids is 1. The molecule has 2 amide bonds. The van der Waals surface area contributed by atoms with Crippen molar-refractivity contribution < 1.29 is 19.8 Å². The van der Waals surface area contributed by atoms with Gasteiger partial charge in [0.2, 0.25) is 0 Å². The molecule has 1 aliphatic heterocycles. The molecule has 0 saturated carbocycles. The van der Waals surface area contributed by atoms with E-state index in [1.807, 2.05) is 0 Å². The minimum absolute atomic E-state index is 0.101. The van der Waals surface area contributed by atoms with Crippen LogP contribution in [0.3, 0.4) is 0 Å². The molecular weight excluding hydrogens is 328 g/mol. The fourth-order valence-corrected chi connectivity index (χ4v) is 2.55. The van der Waals surface area contributed by atoms with Gasteiger partial charge in [-0.2, -0.15) is 0 Å². The molecule has 0 unspecified atom stereocenters. The van der Waals surface area contributed by atoms with Gasteiger partial charge in [0.25, 0.3) is 0 Å². The number of nitrogens with zero attached hydrogens (tertiary/aromatic N) is 1. The molecule has 6 nitrogen and oxygen atoms in total. The van der Waals surface area contributed by atoms with Gasteiger partial charge in [-0.05, 0) is 31.0 Å². The number of urea groups is 1. The van der Waals surface area contributed by atoms with Crippen LogP contribution < -0.4 is 5.32 Å². The van der Waals surface area contributed by atoms with Crippen molar-refractivity contribution >= 4 is 33.6 Å². The first-order valence-electron chi connectivity index (χ1n) is 6.23. The van der Waals surface area contributed by atoms with Crippen molar-refractivity contribution in [1.82, 2.24) is 4.90 Å². The number of aliphatic hydroxyl groups is 1. The number of nitrogens with one attached hydrogen (secondary N) is 1. The van der Waals surface area contributed by atoms with Gasteiger partial charge in [-0.15, -0.1) is 0 Å². The summed E-state index contributed by atoms with van der Waals surface area (Å²) in [6.45, 7) is 0.986. The predicted octanol–water partition coefficient (Wildman–Crippen LogP) is 2.14. The van der Waals surface area contributed by atoms with Gasteiger partial charge in [0.1, 0.15) is 0 Å². The second-order valence-corrected chi connectivity index (χ2v) is 5.60. The lowest BCUT2D eigenvalue weighted by molar-refractivity contribution is 0.0696. The Morgan fingerprint density at radius 3 is 2.50 bits per heavy atom. The van der Waals surface area contributed by atoms with Gasteiger partial charge >= 0.3 is 12.0 Å². The summed E-state index contributed by atoms with van der Waals surface area (Å²) in [5.41, 5.74) is 0.525. The number of carbonyl (C=O) groups excluding carboxylic acids is 1. The average Bonchev–Trinajstić information content (AvgIpc) is 2.38. The van der Waals surface area contributed by atoms with Crippen molar-refractivity contribution in [2.75, 3.05) is 18.4 Å². The molecular formula is C13H15BrN2O4. The first-order valence-corrected chi connectivity index (χ1v) is 7.03. The Hall–Kier alpha value is -1.60. The van der Waals surface area contributed by atoms with Gasteiger partial charge < -0.3 is 20.4 Å². The van der Waals surface area contributed by atoms with Gasteiger partial charge in [-0.3, -0.25) is 0 Å². The Labute approximate surface area is 124 Å². The largest absolute Gasteiger partial charge is 0.478 e. The maximum Gasteiger partial charge on any atom is 0.335 e. The van der Waals surface area contributed by atoms with E-state index >= 15 is 0 Å². The molecule has 1 aromatic carbocycles. The van der Waals surface area contributed by atoms with E-state index in [0.717, 1.165) is 0 Å². The maximum atomic E-state index is 12.0. The number of hydrogen-bond acceptors (Lipinski definition) is 3. The van der Waals surface area contributed by atoms with E-state index in [2.05, 4.69) is 21.2 Å². The van der Waals surface area contributed by atoms with Crippen molar-refractivity contribution in [2.24, 2.45) is 0 Å². The number of rotatable bonds is 2. The second kappa shape index (κ2) is 6.23. The summed E-state index contributed by atoms with van der Waals surface area (Å²) in [7, 11) is 0. The molecule has 20 heavy (non-hydrogen) atoms. The van der Waals surface area contributed by atoms with Crippen LogP contribution in [0.4, 0.5) is 10.5 Å². The highest BCUT2D eigenvalue weighted by atomic mass is 79.9. The van der Waals surface area contributed by atoms with E-state index in [-0.39, 0.29) is 17.7 Å². The van der Waals surface area contributed by atoms with Crippen LogP contribution >= 0.6 is 15.9 Å². The third kappa shape index (κ3) is 3.71. The Bertz CT molecular complexity index is 527. The molecule has 1 aromatic rings. The summed E-state index contributed by atoms with van der Waals surface area (Å²) in [5.74, 6) is -1.05. The smallest absolute Gasteiger partial charge is 0.335 e. The van der Waals surface area contributed by atoms with E-state index in [1.54, 1.807) is 11.0 Å². The first-order chi connectivity index (χ1) is 9.45. The number of aliphatic hydroxyl groups excluding tert-OH is 1. The molecule has 2 rings (SSSR count). The van der Waals surface area contributed by atoms with Crippen LogP contribution in [-0.4, -0.2) is 46.3 Å². The third-order valence-electron chi connectivity index (χ3n) is 3.15. The molecule has 1 aliphatic rings. The maximum absolute atomic E-state index is 12.0. The molecule has 0 spiro atoms. The lowest BCUT2D eigenvalue weighted by Gasteiger charge is -2.29. The summed E-state index contributed by atoms with van der Waals surface area (Å²) >= 11 is 3.21. The van der Waals surface area contributed by atoms with Gasteiger partial charge in [-0.1, -0.05) is 15.9 Å². The van der Waals surface area contributed by atoms with Gasteiger partial charge in [0.15, 0.2) is 0 Å². The SMILES string of the molecule is O=C(O)c1cc(Br)cc(NC(=O)N2CCC(O)CC2)c1. The zero-order chi connectivity index (χ0) is 14.7. The summed E-state index contributed by atoms with van der Waals surface area (Å²) in [6.07, 6.45) is 0.780. The van der Waals surface area contributed by atoms with E-state index in [4.69, 9.17) is 5.11 Å². The van der Waals surface area contributed by atoms with Crippen molar-refractivity contribution in [2.45, 2.75) is 18.9 Å². The monoisotopic (exact) mass is 342 g/mol. The van der Waals surface area contributed by atoms with E-state index < -0.39 is 5.97 Å². The number of carbonyl (C=O) groups is 2. The number of carboxylic acid groups (broad SMARTS) is 1. The van der Waals surface area contributed by atoms with E-state index in [0.29, 0.717) is 36.1 Å². The minimum Gasteiger partial charge on any atom is -0.478 e. The molecule has 7 heteroatoms. The highest BCUT2D eigenvalue weighted by Crippen LogP contribution is 2.20. The van der Waals surface area contributed by atoms with Crippen molar-refractivity contribution in [1.29, 1.82) is 0 Å². The lowest BCUT2D eigenvalue weighted by Crippen LogP contribution is -2.42. The van der Waals surface area contributed by atoms with Crippen LogP contribution in [0.1, 0.15) is 23.2 Å². The van der Waals surface area contributed by atoms with E-state index in [1.165, 1.54) is 12.1 Å². The number of piperidine rings is 1. The second-order valence-electron chi connectivity index (χ2n) is 4.68. The molecule has 0 aliphatic carbocycles. The Morgan fingerprint density at radius 2 is 1.90 bits per heavy atom. The minimum atomic E-state index is -1.05. The van der Waals surface area contributed by atoms with Crippen molar-refractivity contribution in [3.8, 4) is 0 Å². The summed E-state index contributed by atoms with van der Waals surface area (Å²) < 4.78 is 0.585. The lowest BCUT2D eigenvalue weighted by atomic mass is 10.1. The Morgan fingerprint density at radius 1 is 1.25 bits per heavy atom. The number of aromatic carboxylic acids is 1. The van der Waals surface area contributed by atoms with E-state index in [9.17, 15) is 14.7 Å². The number of benzene rings is 1. The quantitative estimate of drug-likeness (QED) is 0.767. The van der Waals surface area contributed by atoms with Gasteiger partial charge in [0.05, 0.1) is 11.7 Å². The molecule has 1 heterocycles. The molecule has 0 aromatic heterocycles. The van der Waals surface area contributed by atoms with Crippen LogP contribution in [0.2, 0.25) is 0 Å². The molecule has 0 bridgehead atoms. The highest BCUT2D eigenvalue weighted by Gasteiger charge is 2.21. The fourth-order valence-electron chi connectivity index (χ4n) is 2.06. The Balaban J connectivity index is 2.06. The summed E-state index contributed by atoms with van der Waals surface area (Å²) in [6, 6.07) is 4.23. The van der Waals surface area contributed by atoms with Crippen LogP contribution in [0.25, 0.3) is 0 Å². The zero-order valence-corrected chi connectivity index (χ0v) is 12.3. The number of halogens is 1. The number of likely N-dealkylation sites (tertiary alicyclic amines) is 1. The van der Waals surface area contributed by atoms with Crippen LogP contribution in [0.15, 0.2) is 22.7 Å². The van der Waals surface area contributed by atoms with Crippen molar-refractivity contribution in [3.05, 3.63) is 28.2 Å². The molecule has 0 atom stereocenters. The topological polar surface area (TPSA) is 89.9 Å². The first kappa shape index (κ1) is 14.8. The number of amides is 2. The third-order valence-corrected chi connectivity index (χ3v) is 3.61. The molecule has 3 N–H and O–H groups in total. The van der Waals surface area contributed by atoms with Gasteiger partial charge in [0, 0.05) is 23.2 Å². The molecule has 1 saturated heterocycles. The van der Waals surface area contributed by atoms with Gasteiger partial charge in [-0.25, -0.2) is 9.59 Å². The number of hydrogen-bond donors (Lipinski definition) is 3. The summed E-state index contributed by atoms with van der Waals surface area (Å²) in [5, 5.41) is 21.1. The van der Waals surface area contributed by atoms with Crippen LogP contribution in [-0.2, 0) is 0 Å². The number of anilines is 1. The fraction of sp³-hybridized carbons (Fsp3) is 0.385. The summed E-state index contributed by atoms with van der Waals surface area (Å²) in [4.78, 5) is 24.6. The molecule has 1 fully saturated rings. The standard InChI is InChI=1S/C13H15BrN2O4/c14-9-5-8(12(18)19)6-10(7-9)15-13(20)16-3-1-11(17)2-4-16/h5-7,11,17H,1-4H2,(H,15,20)(H,18,19). The molecule has 0 radical (unpaired) electrons. The average molecular weight is 343 g/mol. The van der Waals surface area contributed by atoms with Crippen LogP contribution in [0.5, 0.6) is 0 Å². The molecule has 108 valence electrons. The van der Waals surface area contributed by atoms with Crippen LogP contribution in [0, 0.1) is 0 Å². The van der Waals surface area contributed by atoms with Crippen molar-refractivity contribution in [3.63, 3.8) is 0 Å². The highest BCUT2D eigenvalue weighted by molar-refractivity contribution is 9.10. The zero-order valence-electron chi connectivity index (χ0n) is 10.7. The Kier molecular flexibility index (Phi) is 4.61.